The van der Waals surface area contributed by atoms with E-state index in [2.05, 4.69) is 24.8 Å². The van der Waals surface area contributed by atoms with E-state index in [1.165, 1.54) is 5.57 Å². The molecule has 1 aromatic heterocycles. The second kappa shape index (κ2) is 12.3. The first-order valence-corrected chi connectivity index (χ1v) is 13.1. The minimum atomic E-state index is -0.481. The summed E-state index contributed by atoms with van der Waals surface area (Å²) in [6, 6.07) is 11.3. The summed E-state index contributed by atoms with van der Waals surface area (Å²) in [5, 5.41) is 0.786. The van der Waals surface area contributed by atoms with Crippen molar-refractivity contribution in [2.24, 2.45) is 0 Å². The molecule has 0 bridgehead atoms. The van der Waals surface area contributed by atoms with E-state index in [1.807, 2.05) is 44.2 Å². The van der Waals surface area contributed by atoms with E-state index in [9.17, 15) is 9.59 Å². The number of ether oxygens (including phenoxy) is 2. The first-order valence-electron chi connectivity index (χ1n) is 13.1. The second-order valence-corrected chi connectivity index (χ2v) is 10.0. The van der Waals surface area contributed by atoms with Crippen molar-refractivity contribution >= 4 is 16.8 Å². The van der Waals surface area contributed by atoms with Gasteiger partial charge in [0.05, 0.1) is 19.8 Å². The molecule has 6 heteroatoms. The molecule has 37 heavy (non-hydrogen) atoms. The molecule has 4 rings (SSSR count). The van der Waals surface area contributed by atoms with Crippen molar-refractivity contribution in [3.05, 3.63) is 86.3 Å². The second-order valence-electron chi connectivity index (χ2n) is 10.0. The molecule has 6 nitrogen and oxygen atoms in total. The van der Waals surface area contributed by atoms with Crippen LogP contribution in [0.25, 0.3) is 11.0 Å². The summed E-state index contributed by atoms with van der Waals surface area (Å²) in [5.41, 5.74) is 5.29. The molecule has 1 aliphatic heterocycles. The van der Waals surface area contributed by atoms with Crippen LogP contribution in [0, 0.1) is 13.8 Å². The Balaban J connectivity index is 1.44. The summed E-state index contributed by atoms with van der Waals surface area (Å²) < 4.78 is 17.1. The van der Waals surface area contributed by atoms with E-state index >= 15 is 0 Å². The highest BCUT2D eigenvalue weighted by Gasteiger charge is 2.16. The Morgan fingerprint density at radius 2 is 1.84 bits per heavy atom. The predicted octanol–water partition coefficient (Wildman–Crippen LogP) is 5.45. The van der Waals surface area contributed by atoms with E-state index in [0.29, 0.717) is 29.1 Å². The third-order valence-electron chi connectivity index (χ3n) is 6.91. The zero-order valence-electron chi connectivity index (χ0n) is 22.4. The molecule has 0 spiro atoms. The Morgan fingerprint density at radius 1 is 1.05 bits per heavy atom. The van der Waals surface area contributed by atoms with Crippen LogP contribution in [-0.2, 0) is 17.6 Å². The molecule has 0 atom stereocenters. The number of fused-ring (bicyclic) bond motifs is 1. The van der Waals surface area contributed by atoms with Crippen molar-refractivity contribution in [3.63, 3.8) is 0 Å². The van der Waals surface area contributed by atoms with Crippen LogP contribution in [0.4, 0.5) is 0 Å². The molecule has 0 aliphatic carbocycles. The summed E-state index contributed by atoms with van der Waals surface area (Å²) >= 11 is 0. The molecule has 0 unspecified atom stereocenters. The Bertz CT molecular complexity index is 1340. The van der Waals surface area contributed by atoms with Gasteiger partial charge in [-0.05, 0) is 75.9 Å². The minimum Gasteiger partial charge on any atom is -0.493 e. The van der Waals surface area contributed by atoms with Gasteiger partial charge in [-0.2, -0.15) is 0 Å². The lowest BCUT2D eigenvalue weighted by molar-refractivity contribution is 0.0358. The first kappa shape index (κ1) is 26.8. The zero-order valence-corrected chi connectivity index (χ0v) is 22.4. The van der Waals surface area contributed by atoms with E-state index in [0.717, 1.165) is 67.8 Å². The Labute approximate surface area is 218 Å². The number of rotatable bonds is 10. The predicted molar refractivity (Wildman–Crippen MR) is 147 cm³/mol. The Morgan fingerprint density at radius 3 is 2.59 bits per heavy atom. The molecule has 0 amide bonds. The fraction of sp³-hybridized carbons (Fsp3) is 0.419. The van der Waals surface area contributed by atoms with Gasteiger partial charge < -0.3 is 13.9 Å². The molecule has 3 aromatic rings. The van der Waals surface area contributed by atoms with E-state index in [-0.39, 0.29) is 12.2 Å². The molecule has 1 aliphatic rings. The van der Waals surface area contributed by atoms with Crippen molar-refractivity contribution in [1.29, 1.82) is 0 Å². The lowest BCUT2D eigenvalue weighted by atomic mass is 9.97. The van der Waals surface area contributed by atoms with Gasteiger partial charge in [-0.15, -0.1) is 0 Å². The number of aryl methyl sites for hydroxylation is 2. The topological polar surface area (TPSA) is 69.0 Å². The van der Waals surface area contributed by atoms with Crippen molar-refractivity contribution < 1.29 is 18.7 Å². The molecule has 1 saturated heterocycles. The molecular weight excluding hydrogens is 466 g/mol. The Kier molecular flexibility index (Phi) is 8.95. The first-order chi connectivity index (χ1) is 17.8. The van der Waals surface area contributed by atoms with Crippen molar-refractivity contribution in [1.82, 2.24) is 4.90 Å². The monoisotopic (exact) mass is 503 g/mol. The third kappa shape index (κ3) is 6.96. The lowest BCUT2D eigenvalue weighted by Crippen LogP contribution is -2.37. The summed E-state index contributed by atoms with van der Waals surface area (Å²) in [6.45, 7) is 13.1. The largest absolute Gasteiger partial charge is 0.493 e. The number of carbonyl (C=O) groups is 1. The SMILES string of the molecule is CC(C)=CCc1cc(C(=O)Cc2cc3ccc(OCCCN4CCOCC4)c(C)c3oc2=O)ccc1C. The van der Waals surface area contributed by atoms with E-state index < -0.39 is 5.63 Å². The van der Waals surface area contributed by atoms with Crippen LogP contribution in [0.3, 0.4) is 0 Å². The fourth-order valence-corrected chi connectivity index (χ4v) is 4.58. The van der Waals surface area contributed by atoms with Gasteiger partial charge in [0.1, 0.15) is 11.3 Å². The van der Waals surface area contributed by atoms with Gasteiger partial charge in [0.15, 0.2) is 5.78 Å². The molecule has 196 valence electrons. The number of carbonyl (C=O) groups excluding carboxylic acids is 1. The maximum atomic E-state index is 13.1. The zero-order chi connectivity index (χ0) is 26.4. The van der Waals surface area contributed by atoms with Gasteiger partial charge in [-0.3, -0.25) is 9.69 Å². The average molecular weight is 504 g/mol. The standard InChI is InChI=1S/C31H37NO5/c1-21(2)6-8-24-18-25(9-7-22(24)3)28(33)20-27-19-26-10-11-29(23(4)30(26)37-31(27)34)36-15-5-12-32-13-16-35-17-14-32/h6-7,9-11,18-19H,5,8,12-17,20H2,1-4H3. The molecular formula is C31H37NO5. The van der Waals surface area contributed by atoms with Crippen LogP contribution in [0.5, 0.6) is 5.75 Å². The number of hydrogen-bond donors (Lipinski definition) is 0. The van der Waals surface area contributed by atoms with Gasteiger partial charge in [0.25, 0.3) is 0 Å². The molecule has 2 heterocycles. The maximum absolute atomic E-state index is 13.1. The Hall–Kier alpha value is -3.22. The third-order valence-corrected chi connectivity index (χ3v) is 6.91. The van der Waals surface area contributed by atoms with Crippen molar-refractivity contribution in [3.8, 4) is 5.75 Å². The van der Waals surface area contributed by atoms with Crippen molar-refractivity contribution in [2.45, 2.75) is 47.0 Å². The summed E-state index contributed by atoms with van der Waals surface area (Å²) in [6.07, 6.45) is 3.85. The summed E-state index contributed by atoms with van der Waals surface area (Å²) in [4.78, 5) is 28.3. The number of benzene rings is 2. The lowest BCUT2D eigenvalue weighted by Gasteiger charge is -2.26. The van der Waals surface area contributed by atoms with Crippen molar-refractivity contribution in [2.75, 3.05) is 39.5 Å². The van der Waals surface area contributed by atoms with Crippen LogP contribution in [0.15, 0.2) is 57.3 Å². The summed E-state index contributed by atoms with van der Waals surface area (Å²) in [5.74, 6) is 0.618. The van der Waals surface area contributed by atoms with Crippen LogP contribution < -0.4 is 10.4 Å². The highest BCUT2D eigenvalue weighted by molar-refractivity contribution is 5.98. The average Bonchev–Trinajstić information content (AvgIpc) is 2.88. The van der Waals surface area contributed by atoms with Crippen LogP contribution in [0.1, 0.15) is 52.9 Å². The molecule has 1 fully saturated rings. The molecule has 0 radical (unpaired) electrons. The van der Waals surface area contributed by atoms with Gasteiger partial charge in [0, 0.05) is 48.1 Å². The van der Waals surface area contributed by atoms with E-state index in [1.54, 1.807) is 6.07 Å². The van der Waals surface area contributed by atoms with E-state index in [4.69, 9.17) is 13.9 Å². The number of allylic oxidation sites excluding steroid dienone is 2. The minimum absolute atomic E-state index is 0.00224. The maximum Gasteiger partial charge on any atom is 0.339 e. The van der Waals surface area contributed by atoms with Crippen LogP contribution >= 0.6 is 0 Å². The van der Waals surface area contributed by atoms with Crippen LogP contribution in [-0.4, -0.2) is 50.1 Å². The quantitative estimate of drug-likeness (QED) is 0.159. The highest BCUT2D eigenvalue weighted by atomic mass is 16.5. The summed E-state index contributed by atoms with van der Waals surface area (Å²) in [7, 11) is 0. The highest BCUT2D eigenvalue weighted by Crippen LogP contribution is 2.27. The number of hydrogen-bond acceptors (Lipinski definition) is 6. The normalized spacial score (nSPS) is 14.1. The smallest absolute Gasteiger partial charge is 0.339 e. The number of Topliss-reactive ketones (excluding diaryl/α,β-unsaturated/α-hetero) is 1. The molecule has 0 saturated carbocycles. The van der Waals surface area contributed by atoms with Crippen LogP contribution in [0.2, 0.25) is 0 Å². The van der Waals surface area contributed by atoms with Gasteiger partial charge in [-0.25, -0.2) is 4.79 Å². The molecule has 2 aromatic carbocycles. The number of ketones is 1. The fourth-order valence-electron chi connectivity index (χ4n) is 4.58. The van der Waals surface area contributed by atoms with Gasteiger partial charge in [-0.1, -0.05) is 23.8 Å². The molecule has 0 N–H and O–H groups in total. The van der Waals surface area contributed by atoms with Gasteiger partial charge in [0.2, 0.25) is 0 Å². The number of nitrogens with zero attached hydrogens (tertiary/aromatic N) is 1. The van der Waals surface area contributed by atoms with Gasteiger partial charge >= 0.3 is 5.63 Å². The number of morpholine rings is 1.